The van der Waals surface area contributed by atoms with E-state index < -0.39 is 17.8 Å². The minimum absolute atomic E-state index is 0.0684. The number of carboxylic acid groups (broad SMARTS) is 1. The summed E-state index contributed by atoms with van der Waals surface area (Å²) in [6.45, 7) is 0. The average molecular weight is 290 g/mol. The third-order valence-corrected chi connectivity index (χ3v) is 3.08. The number of anilines is 1. The SMILES string of the molecule is COc1nc2n(n1)C(c1ccccc1F)C=C(C(=O)O)N2. The number of hydrogen-bond donors (Lipinski definition) is 2. The summed E-state index contributed by atoms with van der Waals surface area (Å²) >= 11 is 0. The van der Waals surface area contributed by atoms with Gasteiger partial charge < -0.3 is 15.2 Å². The summed E-state index contributed by atoms with van der Waals surface area (Å²) in [5.41, 5.74) is 0.206. The second-order valence-electron chi connectivity index (χ2n) is 4.34. The second kappa shape index (κ2) is 4.89. The maximum Gasteiger partial charge on any atom is 0.352 e. The van der Waals surface area contributed by atoms with Gasteiger partial charge in [0.25, 0.3) is 0 Å². The number of nitrogens with one attached hydrogen (secondary N) is 1. The molecule has 21 heavy (non-hydrogen) atoms. The van der Waals surface area contributed by atoms with Gasteiger partial charge in [0.2, 0.25) is 5.95 Å². The molecule has 0 radical (unpaired) electrons. The first kappa shape index (κ1) is 13.1. The minimum atomic E-state index is -1.16. The summed E-state index contributed by atoms with van der Waals surface area (Å²) in [5.74, 6) is -1.43. The van der Waals surface area contributed by atoms with Crippen LogP contribution in [0.4, 0.5) is 10.3 Å². The molecule has 1 unspecified atom stereocenters. The van der Waals surface area contributed by atoms with Gasteiger partial charge in [0.05, 0.1) is 7.11 Å². The monoisotopic (exact) mass is 290 g/mol. The zero-order valence-corrected chi connectivity index (χ0v) is 10.9. The number of benzene rings is 1. The van der Waals surface area contributed by atoms with Gasteiger partial charge in [0.15, 0.2) is 0 Å². The quantitative estimate of drug-likeness (QED) is 0.888. The van der Waals surface area contributed by atoms with Crippen LogP contribution in [0.1, 0.15) is 11.6 Å². The van der Waals surface area contributed by atoms with Crippen LogP contribution in [0.25, 0.3) is 0 Å². The van der Waals surface area contributed by atoms with Gasteiger partial charge >= 0.3 is 12.0 Å². The third kappa shape index (κ3) is 2.20. The Morgan fingerprint density at radius 2 is 2.24 bits per heavy atom. The zero-order chi connectivity index (χ0) is 15.0. The van der Waals surface area contributed by atoms with Gasteiger partial charge in [-0.05, 0) is 12.1 Å². The number of fused-ring (bicyclic) bond motifs is 1. The topological polar surface area (TPSA) is 89.3 Å². The van der Waals surface area contributed by atoms with Crippen molar-refractivity contribution in [2.75, 3.05) is 12.4 Å². The molecule has 0 amide bonds. The fraction of sp³-hybridized carbons (Fsp3) is 0.154. The summed E-state index contributed by atoms with van der Waals surface area (Å²) in [6.07, 6.45) is 1.38. The van der Waals surface area contributed by atoms with E-state index in [0.717, 1.165) is 0 Å². The summed E-state index contributed by atoms with van der Waals surface area (Å²) in [6, 6.07) is 5.45. The van der Waals surface area contributed by atoms with Gasteiger partial charge in [-0.15, -0.1) is 5.10 Å². The lowest BCUT2D eigenvalue weighted by Gasteiger charge is -2.22. The van der Waals surface area contributed by atoms with E-state index in [1.54, 1.807) is 18.2 Å². The van der Waals surface area contributed by atoms with Crippen LogP contribution in [0.5, 0.6) is 6.01 Å². The summed E-state index contributed by atoms with van der Waals surface area (Å²) in [7, 11) is 1.39. The van der Waals surface area contributed by atoms with Gasteiger partial charge in [0, 0.05) is 5.56 Å². The highest BCUT2D eigenvalue weighted by Crippen LogP contribution is 2.31. The van der Waals surface area contributed by atoms with Crippen molar-refractivity contribution < 1.29 is 19.0 Å². The molecule has 2 aromatic rings. The number of halogens is 1. The van der Waals surface area contributed by atoms with Crippen molar-refractivity contribution in [2.24, 2.45) is 0 Å². The molecule has 1 atom stereocenters. The maximum absolute atomic E-state index is 14.0. The molecule has 8 heteroatoms. The van der Waals surface area contributed by atoms with E-state index in [1.165, 1.54) is 23.9 Å². The molecule has 3 rings (SSSR count). The molecular weight excluding hydrogens is 279 g/mol. The van der Waals surface area contributed by atoms with Gasteiger partial charge in [-0.2, -0.15) is 4.98 Å². The lowest BCUT2D eigenvalue weighted by atomic mass is 10.0. The Bertz CT molecular complexity index is 741. The number of carboxylic acids is 1. The van der Waals surface area contributed by atoms with E-state index >= 15 is 0 Å². The van der Waals surface area contributed by atoms with E-state index in [2.05, 4.69) is 15.4 Å². The first-order valence-corrected chi connectivity index (χ1v) is 6.07. The van der Waals surface area contributed by atoms with Gasteiger partial charge in [-0.1, -0.05) is 18.2 Å². The Morgan fingerprint density at radius 3 is 2.90 bits per heavy atom. The van der Waals surface area contributed by atoms with Gasteiger partial charge in [0.1, 0.15) is 17.6 Å². The number of rotatable bonds is 3. The van der Waals surface area contributed by atoms with E-state index in [-0.39, 0.29) is 17.7 Å². The fourth-order valence-electron chi connectivity index (χ4n) is 2.12. The first-order chi connectivity index (χ1) is 10.1. The number of aromatic nitrogens is 3. The molecule has 1 aliphatic rings. The molecule has 0 saturated heterocycles. The van der Waals surface area contributed by atoms with E-state index in [9.17, 15) is 9.18 Å². The summed E-state index contributed by atoms with van der Waals surface area (Å²) in [5, 5.41) is 15.8. The predicted molar refractivity (Wildman–Crippen MR) is 70.5 cm³/mol. The van der Waals surface area contributed by atoms with Crippen molar-refractivity contribution >= 4 is 11.9 Å². The number of ether oxygens (including phenoxy) is 1. The van der Waals surface area contributed by atoms with Crippen molar-refractivity contribution in [2.45, 2.75) is 6.04 Å². The number of carbonyl (C=O) groups is 1. The Hall–Kier alpha value is -2.90. The first-order valence-electron chi connectivity index (χ1n) is 6.07. The minimum Gasteiger partial charge on any atom is -0.477 e. The highest BCUT2D eigenvalue weighted by molar-refractivity contribution is 5.90. The van der Waals surface area contributed by atoms with Crippen molar-refractivity contribution in [3.05, 3.63) is 47.4 Å². The molecule has 1 aromatic carbocycles. The van der Waals surface area contributed by atoms with Crippen LogP contribution in [-0.4, -0.2) is 33.0 Å². The standard InChI is InChI=1S/C13H11FN4O3/c1-21-13-16-12-15-9(11(19)20)6-10(18(12)17-13)7-4-2-3-5-8(7)14/h2-6,10H,1H3,(H,19,20)(H,15,16,17). The number of aliphatic carboxylic acids is 1. The Kier molecular flexibility index (Phi) is 3.05. The molecule has 0 bridgehead atoms. The highest BCUT2D eigenvalue weighted by atomic mass is 19.1. The van der Waals surface area contributed by atoms with Gasteiger partial charge in [-0.25, -0.2) is 13.9 Å². The lowest BCUT2D eigenvalue weighted by molar-refractivity contribution is -0.132. The molecule has 7 nitrogen and oxygen atoms in total. The molecule has 0 aliphatic carbocycles. The number of hydrogen-bond acceptors (Lipinski definition) is 5. The number of allylic oxidation sites excluding steroid dienone is 1. The third-order valence-electron chi connectivity index (χ3n) is 3.08. The van der Waals surface area contributed by atoms with Crippen molar-refractivity contribution in [1.29, 1.82) is 0 Å². The molecule has 0 fully saturated rings. The molecule has 108 valence electrons. The second-order valence-corrected chi connectivity index (χ2v) is 4.34. The lowest BCUT2D eigenvalue weighted by Crippen LogP contribution is -2.24. The van der Waals surface area contributed by atoms with Gasteiger partial charge in [-0.3, -0.25) is 0 Å². The number of methoxy groups -OCH3 is 1. The molecule has 0 spiro atoms. The van der Waals surface area contributed by atoms with E-state index in [0.29, 0.717) is 5.56 Å². The highest BCUT2D eigenvalue weighted by Gasteiger charge is 2.28. The maximum atomic E-state index is 14.0. The van der Waals surface area contributed by atoms with Crippen molar-refractivity contribution in [1.82, 2.24) is 14.8 Å². The normalized spacial score (nSPS) is 16.7. The number of nitrogens with zero attached hydrogens (tertiary/aromatic N) is 3. The Balaban J connectivity index is 2.15. The van der Waals surface area contributed by atoms with Crippen LogP contribution in [0.3, 0.4) is 0 Å². The van der Waals surface area contributed by atoms with Crippen molar-refractivity contribution in [3.8, 4) is 6.01 Å². The Labute approximate surface area is 118 Å². The van der Waals surface area contributed by atoms with Crippen LogP contribution in [-0.2, 0) is 4.79 Å². The van der Waals surface area contributed by atoms with Crippen LogP contribution >= 0.6 is 0 Å². The van der Waals surface area contributed by atoms with Crippen LogP contribution < -0.4 is 10.1 Å². The molecule has 1 aliphatic heterocycles. The molecular formula is C13H11FN4O3. The van der Waals surface area contributed by atoms with Crippen LogP contribution in [0.15, 0.2) is 36.0 Å². The zero-order valence-electron chi connectivity index (χ0n) is 10.9. The fourth-order valence-corrected chi connectivity index (χ4v) is 2.12. The summed E-state index contributed by atoms with van der Waals surface area (Å²) in [4.78, 5) is 15.2. The van der Waals surface area contributed by atoms with Crippen molar-refractivity contribution in [3.63, 3.8) is 0 Å². The van der Waals surface area contributed by atoms with E-state index in [4.69, 9.17) is 9.84 Å². The molecule has 0 saturated carbocycles. The molecule has 2 heterocycles. The Morgan fingerprint density at radius 1 is 1.48 bits per heavy atom. The van der Waals surface area contributed by atoms with Crippen LogP contribution in [0, 0.1) is 5.82 Å². The predicted octanol–water partition coefficient (Wildman–Crippen LogP) is 1.41. The van der Waals surface area contributed by atoms with Crippen LogP contribution in [0.2, 0.25) is 0 Å². The largest absolute Gasteiger partial charge is 0.477 e. The smallest absolute Gasteiger partial charge is 0.352 e. The molecule has 1 aromatic heterocycles. The summed E-state index contributed by atoms with van der Waals surface area (Å²) < 4.78 is 20.3. The average Bonchev–Trinajstić information content (AvgIpc) is 2.90. The van der Waals surface area contributed by atoms with E-state index in [1.807, 2.05) is 0 Å². The molecule has 2 N–H and O–H groups in total.